The summed E-state index contributed by atoms with van der Waals surface area (Å²) in [5.74, 6) is 0.167. The Morgan fingerprint density at radius 2 is 0.917 bits per heavy atom. The van der Waals surface area contributed by atoms with Gasteiger partial charge in [-0.05, 0) is 13.8 Å². The van der Waals surface area contributed by atoms with Crippen LogP contribution in [0, 0.1) is 5.41 Å². The maximum atomic E-state index is 9.00. The van der Waals surface area contributed by atoms with Crippen molar-refractivity contribution in [1.82, 2.24) is 0 Å². The number of primary amides is 6. The minimum Gasteiger partial charge on any atom is -0.516 e. The molecule has 144 valence electrons. The van der Waals surface area contributed by atoms with E-state index < -0.39 is 12.1 Å². The zero-order valence-corrected chi connectivity index (χ0v) is 13.5. The predicted octanol–water partition coefficient (Wildman–Crippen LogP) is -2.91. The van der Waals surface area contributed by atoms with Gasteiger partial charge < -0.3 is 50.0 Å². The Bertz CT molecular complexity index is 247. The fourth-order valence-electron chi connectivity index (χ4n) is 0. The lowest BCUT2D eigenvalue weighted by atomic mass is 10.8. The van der Waals surface area contributed by atoms with E-state index in [0.717, 1.165) is 12.5 Å². The maximum absolute atomic E-state index is 9.00. The van der Waals surface area contributed by atoms with Crippen molar-refractivity contribution in [3.63, 3.8) is 0 Å². The largest absolute Gasteiger partial charge is 0.516 e. The second-order valence-corrected chi connectivity index (χ2v) is 2.18. The number of urea groups is 2. The molecule has 0 saturated carbocycles. The molecular weight excluding hydrogens is 328 g/mol. The van der Waals surface area contributed by atoms with Crippen LogP contribution in [0.3, 0.4) is 0 Å². The van der Waals surface area contributed by atoms with Gasteiger partial charge in [-0.2, -0.15) is 0 Å². The van der Waals surface area contributed by atoms with E-state index in [1.807, 2.05) is 0 Å². The van der Waals surface area contributed by atoms with Gasteiger partial charge in [0.1, 0.15) is 6.29 Å². The van der Waals surface area contributed by atoms with Gasteiger partial charge in [0, 0.05) is 0 Å². The van der Waals surface area contributed by atoms with E-state index in [9.17, 15) is 0 Å². The summed E-state index contributed by atoms with van der Waals surface area (Å²) in [7, 11) is 0. The Balaban J connectivity index is -0.0000000283. The number of aliphatic hydroxyl groups excluding tert-OH is 1. The molecule has 0 aliphatic heterocycles. The lowest BCUT2D eigenvalue weighted by Crippen LogP contribution is -2.18. The van der Waals surface area contributed by atoms with Gasteiger partial charge in [0.15, 0.2) is 0 Å². The number of aldehydes is 1. The molecule has 0 saturated heterocycles. The number of carbonyl (C=O) groups excluding carboxylic acids is 5. The summed E-state index contributed by atoms with van der Waals surface area (Å²) in [5.41, 5.74) is 30.0. The molecule has 0 atom stereocenters. The zero-order valence-electron chi connectivity index (χ0n) is 13.5. The van der Waals surface area contributed by atoms with E-state index in [-0.39, 0.29) is 18.7 Å². The quantitative estimate of drug-likeness (QED) is 0.0940. The summed E-state index contributed by atoms with van der Waals surface area (Å²) in [6, 6.07) is -1.67. The number of nitrogens with two attached hydrogens (primary N) is 7. The molecule has 0 rings (SSSR count). The monoisotopic (exact) mass is 356 g/mol. The van der Waals surface area contributed by atoms with Crippen LogP contribution in [0.2, 0.25) is 0 Å². The minimum absolute atomic E-state index is 0.167. The molecular formula is C10H28N8O6. The normalized spacial score (nSPS) is 5.08. The maximum Gasteiger partial charge on any atom is 0.309 e. The van der Waals surface area contributed by atoms with Gasteiger partial charge in [-0.1, -0.05) is 6.58 Å². The summed E-state index contributed by atoms with van der Waals surface area (Å²) in [6.07, 6.45) is 2.00. The molecule has 0 aliphatic rings. The summed E-state index contributed by atoms with van der Waals surface area (Å²) in [4.78, 5) is 44.0. The first kappa shape index (κ1) is 42.7. The first-order chi connectivity index (χ1) is 10.9. The van der Waals surface area contributed by atoms with Crippen LogP contribution in [0.5, 0.6) is 0 Å². The number of amidine groups is 1. The zero-order chi connectivity index (χ0) is 21.6. The molecule has 16 N–H and O–H groups in total. The van der Waals surface area contributed by atoms with E-state index >= 15 is 0 Å². The van der Waals surface area contributed by atoms with Crippen LogP contribution in [-0.4, -0.2) is 42.1 Å². The number of aliphatic hydroxyl groups is 1. The number of hydrogen-bond donors (Lipinski definition) is 9. The number of rotatable bonds is 0. The third kappa shape index (κ3) is 363. The Morgan fingerprint density at radius 1 is 0.917 bits per heavy atom. The van der Waals surface area contributed by atoms with Gasteiger partial charge >= 0.3 is 12.1 Å². The highest BCUT2D eigenvalue weighted by Gasteiger charge is 1.61. The Hall–Kier alpha value is -3.84. The van der Waals surface area contributed by atoms with Gasteiger partial charge in [-0.15, -0.1) is 0 Å². The van der Waals surface area contributed by atoms with Crippen LogP contribution in [0.25, 0.3) is 0 Å². The second kappa shape index (κ2) is 75.3. The molecule has 0 fully saturated rings. The lowest BCUT2D eigenvalue weighted by Gasteiger charge is -1.66. The standard InChI is InChI=1S/C2H6N2.2C2H4O.2CH4N2O.2CH3NO/c1-2(3)4;2*1-2-3;2*2-1(3)4;2*2-1-3/h1H3,(H3,3,4);2H,1H3;2-3H,1H2;2*(H4,2,3,4);2*1H,(H2,2,3). The van der Waals surface area contributed by atoms with Crippen molar-refractivity contribution in [2.24, 2.45) is 40.1 Å². The van der Waals surface area contributed by atoms with E-state index in [4.69, 9.17) is 40.2 Å². The molecule has 0 aromatic rings. The molecule has 0 unspecified atom stereocenters. The molecule has 6 amide bonds. The van der Waals surface area contributed by atoms with Crippen LogP contribution < -0.4 is 40.1 Å². The molecule has 0 bridgehead atoms. The van der Waals surface area contributed by atoms with Gasteiger partial charge in [-0.3, -0.25) is 15.0 Å². The van der Waals surface area contributed by atoms with Crippen LogP contribution in [0.4, 0.5) is 9.59 Å². The van der Waals surface area contributed by atoms with E-state index in [2.05, 4.69) is 41.0 Å². The van der Waals surface area contributed by atoms with Crippen molar-refractivity contribution < 1.29 is 29.1 Å². The van der Waals surface area contributed by atoms with Crippen molar-refractivity contribution in [2.45, 2.75) is 13.8 Å². The van der Waals surface area contributed by atoms with Crippen molar-refractivity contribution in [2.75, 3.05) is 0 Å². The first-order valence-electron chi connectivity index (χ1n) is 5.22. The van der Waals surface area contributed by atoms with Crippen molar-refractivity contribution in [3.05, 3.63) is 12.8 Å². The molecule has 0 radical (unpaired) electrons. The average molecular weight is 356 g/mol. The minimum atomic E-state index is -0.833. The Morgan fingerprint density at radius 3 is 0.917 bits per heavy atom. The highest BCUT2D eigenvalue weighted by Crippen LogP contribution is 1.36. The molecule has 24 heavy (non-hydrogen) atoms. The number of carbonyl (C=O) groups is 5. The molecule has 0 aromatic heterocycles. The van der Waals surface area contributed by atoms with Crippen LogP contribution in [-0.2, 0) is 14.4 Å². The van der Waals surface area contributed by atoms with Crippen molar-refractivity contribution in [3.8, 4) is 0 Å². The third-order valence-electron chi connectivity index (χ3n) is 0. The molecule has 0 aliphatic carbocycles. The van der Waals surface area contributed by atoms with E-state index in [1.165, 1.54) is 13.8 Å². The second-order valence-electron chi connectivity index (χ2n) is 2.18. The molecule has 14 nitrogen and oxygen atoms in total. The summed E-state index contributed by atoms with van der Waals surface area (Å²) in [6.45, 7) is 5.89. The topological polar surface area (TPSA) is 312 Å². The van der Waals surface area contributed by atoms with Crippen LogP contribution in [0.15, 0.2) is 12.8 Å². The van der Waals surface area contributed by atoms with Crippen LogP contribution in [0.1, 0.15) is 13.8 Å². The fourth-order valence-corrected chi connectivity index (χ4v) is 0. The van der Waals surface area contributed by atoms with E-state index in [0.29, 0.717) is 0 Å². The highest BCUT2D eigenvalue weighted by atomic mass is 16.2. The fraction of sp³-hybridized carbons (Fsp3) is 0.200. The molecule has 14 heteroatoms. The van der Waals surface area contributed by atoms with Crippen molar-refractivity contribution >= 4 is 37.0 Å². The number of amides is 6. The average Bonchev–Trinajstić information content (AvgIpc) is 2.29. The summed E-state index contributed by atoms with van der Waals surface area (Å²) in [5, 5.41) is 13.6. The van der Waals surface area contributed by atoms with Gasteiger partial charge in [0.25, 0.3) is 0 Å². The Labute approximate surface area is 139 Å². The van der Waals surface area contributed by atoms with Gasteiger partial charge in [0.05, 0.1) is 12.1 Å². The third-order valence-corrected chi connectivity index (χ3v) is 0. The SMILES string of the molecule is C=CO.CC(=N)N.CC=O.NC(N)=O.NC(N)=O.NC=O.NC=O. The highest BCUT2D eigenvalue weighted by molar-refractivity contribution is 5.73. The van der Waals surface area contributed by atoms with Crippen molar-refractivity contribution in [1.29, 1.82) is 5.41 Å². The molecule has 0 spiro atoms. The summed E-state index contributed by atoms with van der Waals surface area (Å²) < 4.78 is 0. The first-order valence-corrected chi connectivity index (χ1v) is 5.22. The lowest BCUT2D eigenvalue weighted by molar-refractivity contribution is -0.107. The molecule has 0 heterocycles. The van der Waals surface area contributed by atoms with Crippen LogP contribution >= 0.6 is 0 Å². The van der Waals surface area contributed by atoms with Gasteiger partial charge in [-0.25, -0.2) is 9.59 Å². The number of hydrogen-bond acceptors (Lipinski definition) is 7. The smallest absolute Gasteiger partial charge is 0.309 e. The molecule has 0 aromatic carbocycles. The van der Waals surface area contributed by atoms with Gasteiger partial charge in [0.2, 0.25) is 12.8 Å². The van der Waals surface area contributed by atoms with E-state index in [1.54, 1.807) is 0 Å². The predicted molar refractivity (Wildman–Crippen MR) is 90.2 cm³/mol. The number of nitrogens with one attached hydrogen (secondary N) is 1. The summed E-state index contributed by atoms with van der Waals surface area (Å²) >= 11 is 0. The Kier molecular flexibility index (Phi) is 134.